The molecule has 3 aliphatic rings. The van der Waals surface area contributed by atoms with E-state index in [1.54, 1.807) is 6.92 Å². The van der Waals surface area contributed by atoms with E-state index in [2.05, 4.69) is 17.0 Å². The molecule has 0 radical (unpaired) electrons. The van der Waals surface area contributed by atoms with E-state index >= 15 is 0 Å². The summed E-state index contributed by atoms with van der Waals surface area (Å²) in [7, 11) is 0. The molecule has 0 amide bonds. The van der Waals surface area contributed by atoms with Crippen LogP contribution in [-0.2, 0) is 14.9 Å². The normalized spacial score (nSPS) is 33.7. The molecule has 5 nitrogen and oxygen atoms in total. The average Bonchev–Trinajstić information content (AvgIpc) is 2.63. The van der Waals surface area contributed by atoms with Gasteiger partial charge < -0.3 is 4.74 Å². The van der Waals surface area contributed by atoms with Crippen LogP contribution in [0.3, 0.4) is 0 Å². The third kappa shape index (κ3) is 1.91. The van der Waals surface area contributed by atoms with E-state index in [9.17, 15) is 15.3 Å². The highest BCUT2D eigenvalue weighted by atomic mass is 16.5. The number of Topliss-reactive ketones (excluding diaryl/α,β-unsaturated/α-hetero) is 1. The lowest BCUT2D eigenvalue weighted by atomic mass is 9.43. The highest BCUT2D eigenvalue weighted by molar-refractivity contribution is 5.97. The van der Waals surface area contributed by atoms with Crippen LogP contribution in [0.15, 0.2) is 30.3 Å². The van der Waals surface area contributed by atoms with Gasteiger partial charge in [0.25, 0.3) is 0 Å². The molecular formula is C20H19N3O2. The van der Waals surface area contributed by atoms with Gasteiger partial charge in [-0.15, -0.1) is 0 Å². The largest absolute Gasteiger partial charge is 0.379 e. The SMILES string of the molecule is CC(=O)[C@@]12C[C@](C#N)(N3CCOCC3)[C@@H]1C=C(C#N)c1ccccc12. The van der Waals surface area contributed by atoms with Gasteiger partial charge in [-0.1, -0.05) is 30.3 Å². The molecule has 1 aromatic rings. The molecule has 126 valence electrons. The number of morpholine rings is 1. The molecule has 1 saturated carbocycles. The average molecular weight is 333 g/mol. The maximum absolute atomic E-state index is 12.8. The minimum Gasteiger partial charge on any atom is -0.379 e. The number of nitriles is 2. The van der Waals surface area contributed by atoms with Gasteiger partial charge >= 0.3 is 0 Å². The lowest BCUT2D eigenvalue weighted by Crippen LogP contribution is -2.74. The number of hydrogen-bond donors (Lipinski definition) is 0. The Morgan fingerprint density at radius 3 is 2.64 bits per heavy atom. The van der Waals surface area contributed by atoms with Crippen LogP contribution in [-0.4, -0.2) is 42.5 Å². The number of fused-ring (bicyclic) bond motifs is 3. The van der Waals surface area contributed by atoms with Crippen molar-refractivity contribution in [1.82, 2.24) is 4.90 Å². The lowest BCUT2D eigenvalue weighted by molar-refractivity contribution is -0.142. The molecule has 25 heavy (non-hydrogen) atoms. The van der Waals surface area contributed by atoms with Crippen LogP contribution in [0.5, 0.6) is 0 Å². The van der Waals surface area contributed by atoms with Gasteiger partial charge in [0.2, 0.25) is 0 Å². The second-order valence-corrected chi connectivity index (χ2v) is 7.06. The molecule has 1 saturated heterocycles. The van der Waals surface area contributed by atoms with Crippen molar-refractivity contribution in [1.29, 1.82) is 10.5 Å². The van der Waals surface area contributed by atoms with Crippen molar-refractivity contribution >= 4 is 11.4 Å². The number of carbonyl (C=O) groups excluding carboxylic acids is 1. The standard InChI is InChI=1S/C20H19N3O2/c1-14(24)20-12-19(13-22,23-6-8-25-9-7-23)18(20)10-15(11-21)16-4-2-3-5-17(16)20/h2-5,10,18H,6-9,12H2,1H3/t18-,19+,20+/m0/s1. The summed E-state index contributed by atoms with van der Waals surface area (Å²) in [6.45, 7) is 4.14. The Bertz CT molecular complexity index is 856. The lowest BCUT2D eigenvalue weighted by Gasteiger charge is -2.63. The van der Waals surface area contributed by atoms with Crippen molar-refractivity contribution in [3.63, 3.8) is 0 Å². The van der Waals surface area contributed by atoms with E-state index in [1.807, 2.05) is 30.3 Å². The first-order chi connectivity index (χ1) is 12.1. The summed E-state index contributed by atoms with van der Waals surface area (Å²) < 4.78 is 5.43. The molecule has 2 fully saturated rings. The maximum atomic E-state index is 12.8. The van der Waals surface area contributed by atoms with Crippen LogP contribution in [0.1, 0.15) is 24.5 Å². The topological polar surface area (TPSA) is 77.1 Å². The molecular weight excluding hydrogens is 314 g/mol. The predicted molar refractivity (Wildman–Crippen MR) is 91.2 cm³/mol. The number of allylic oxidation sites excluding steroid dienone is 1. The Hall–Kier alpha value is -2.47. The summed E-state index contributed by atoms with van der Waals surface area (Å²) in [5, 5.41) is 19.7. The van der Waals surface area contributed by atoms with Crippen molar-refractivity contribution in [2.45, 2.75) is 24.3 Å². The fourth-order valence-electron chi connectivity index (χ4n) is 4.91. The van der Waals surface area contributed by atoms with Crippen LogP contribution in [0.4, 0.5) is 0 Å². The zero-order valence-corrected chi connectivity index (χ0v) is 14.2. The van der Waals surface area contributed by atoms with Crippen LogP contribution in [0, 0.1) is 28.6 Å². The number of nitrogens with zero attached hydrogens (tertiary/aromatic N) is 3. The molecule has 0 aromatic heterocycles. The zero-order valence-electron chi connectivity index (χ0n) is 14.2. The minimum atomic E-state index is -0.745. The van der Waals surface area contributed by atoms with Crippen molar-refractivity contribution in [3.05, 3.63) is 41.5 Å². The molecule has 2 aliphatic carbocycles. The summed E-state index contributed by atoms with van der Waals surface area (Å²) in [5.74, 6) is -0.234. The van der Waals surface area contributed by atoms with Gasteiger partial charge in [0.1, 0.15) is 11.3 Å². The van der Waals surface area contributed by atoms with Gasteiger partial charge in [0.05, 0.1) is 36.3 Å². The van der Waals surface area contributed by atoms with Crippen LogP contribution in [0.25, 0.3) is 5.57 Å². The molecule has 0 unspecified atom stereocenters. The fourth-order valence-corrected chi connectivity index (χ4v) is 4.91. The highest BCUT2D eigenvalue weighted by Gasteiger charge is 2.69. The van der Waals surface area contributed by atoms with E-state index in [0.29, 0.717) is 38.3 Å². The van der Waals surface area contributed by atoms with Crippen molar-refractivity contribution in [2.75, 3.05) is 26.3 Å². The third-order valence-corrected chi connectivity index (χ3v) is 6.14. The molecule has 3 atom stereocenters. The van der Waals surface area contributed by atoms with E-state index in [1.165, 1.54) is 0 Å². The zero-order chi connectivity index (χ0) is 17.7. The second-order valence-electron chi connectivity index (χ2n) is 7.06. The summed E-state index contributed by atoms with van der Waals surface area (Å²) in [4.78, 5) is 14.9. The highest BCUT2D eigenvalue weighted by Crippen LogP contribution is 2.62. The fraction of sp³-hybridized carbons (Fsp3) is 0.450. The number of hydrogen-bond acceptors (Lipinski definition) is 5. The number of rotatable bonds is 2. The van der Waals surface area contributed by atoms with E-state index < -0.39 is 11.0 Å². The van der Waals surface area contributed by atoms with Crippen LogP contribution in [0.2, 0.25) is 0 Å². The van der Waals surface area contributed by atoms with Crippen LogP contribution < -0.4 is 0 Å². The Balaban J connectivity index is 1.89. The summed E-state index contributed by atoms with van der Waals surface area (Å²) in [6, 6.07) is 12.4. The molecule has 1 aliphatic heterocycles. The Morgan fingerprint density at radius 1 is 1.28 bits per heavy atom. The van der Waals surface area contributed by atoms with Crippen LogP contribution >= 0.6 is 0 Å². The van der Waals surface area contributed by atoms with Gasteiger partial charge in [0, 0.05) is 19.0 Å². The smallest absolute Gasteiger partial charge is 0.141 e. The Labute approximate surface area is 147 Å². The molecule has 5 heteroatoms. The molecule has 0 N–H and O–H groups in total. The summed E-state index contributed by atoms with van der Waals surface area (Å²) in [6.07, 6.45) is 2.34. The van der Waals surface area contributed by atoms with Crippen molar-refractivity contribution < 1.29 is 9.53 Å². The second kappa shape index (κ2) is 5.52. The first-order valence-electron chi connectivity index (χ1n) is 8.57. The third-order valence-electron chi connectivity index (χ3n) is 6.14. The van der Waals surface area contributed by atoms with E-state index in [-0.39, 0.29) is 11.7 Å². The molecule has 1 aromatic carbocycles. The predicted octanol–water partition coefficient (Wildman–Crippen LogP) is 2.05. The number of ether oxygens (including phenoxy) is 1. The van der Waals surface area contributed by atoms with Crippen molar-refractivity contribution in [2.24, 2.45) is 5.92 Å². The molecule has 4 rings (SSSR count). The summed E-state index contributed by atoms with van der Waals surface area (Å²) >= 11 is 0. The summed E-state index contributed by atoms with van der Waals surface area (Å²) in [5.41, 5.74) is 0.830. The maximum Gasteiger partial charge on any atom is 0.141 e. The number of ketones is 1. The van der Waals surface area contributed by atoms with Gasteiger partial charge in [-0.05, 0) is 24.5 Å². The molecule has 0 bridgehead atoms. The minimum absolute atomic E-state index is 0.0670. The van der Waals surface area contributed by atoms with Gasteiger partial charge in [-0.2, -0.15) is 10.5 Å². The van der Waals surface area contributed by atoms with E-state index in [4.69, 9.17) is 4.74 Å². The Kier molecular flexibility index (Phi) is 3.54. The first-order valence-corrected chi connectivity index (χ1v) is 8.57. The Morgan fingerprint density at radius 2 is 2.00 bits per heavy atom. The monoisotopic (exact) mass is 333 g/mol. The molecule has 1 heterocycles. The van der Waals surface area contributed by atoms with Gasteiger partial charge in [-0.25, -0.2) is 0 Å². The number of carbonyl (C=O) groups is 1. The quantitative estimate of drug-likeness (QED) is 0.828. The van der Waals surface area contributed by atoms with E-state index in [0.717, 1.165) is 11.1 Å². The first kappa shape index (κ1) is 16.0. The molecule has 0 spiro atoms. The van der Waals surface area contributed by atoms with Gasteiger partial charge in [-0.3, -0.25) is 9.69 Å². The van der Waals surface area contributed by atoms with Crippen molar-refractivity contribution in [3.8, 4) is 12.1 Å². The van der Waals surface area contributed by atoms with Gasteiger partial charge in [0.15, 0.2) is 0 Å². The number of benzene rings is 1.